The monoisotopic (exact) mass is 296 g/mol. The lowest BCUT2D eigenvalue weighted by molar-refractivity contribution is 0.0860. The first-order chi connectivity index (χ1) is 10.1. The third kappa shape index (κ3) is 4.70. The molecule has 0 aliphatic carbocycles. The van der Waals surface area contributed by atoms with E-state index in [4.69, 9.17) is 9.26 Å². The average Bonchev–Trinajstić information content (AvgIpc) is 3.10. The third-order valence-electron chi connectivity index (χ3n) is 3.51. The van der Waals surface area contributed by atoms with Crippen LogP contribution in [0.25, 0.3) is 0 Å². The molecule has 118 valence electrons. The zero-order chi connectivity index (χ0) is 15.2. The molecule has 1 aliphatic heterocycles. The molecule has 0 unspecified atom stereocenters. The van der Waals surface area contributed by atoms with Crippen LogP contribution in [0.3, 0.4) is 0 Å². The van der Waals surface area contributed by atoms with Crippen molar-refractivity contribution in [2.75, 3.05) is 13.2 Å². The van der Waals surface area contributed by atoms with E-state index in [9.17, 15) is 4.79 Å². The Bertz CT molecular complexity index is 455. The van der Waals surface area contributed by atoms with Gasteiger partial charge in [-0.3, -0.25) is 0 Å². The number of aromatic nitrogens is 2. The number of nitrogens with zero attached hydrogens (tertiary/aromatic N) is 2. The van der Waals surface area contributed by atoms with Crippen molar-refractivity contribution in [1.82, 2.24) is 20.8 Å². The number of rotatable bonds is 6. The maximum atomic E-state index is 11.8. The van der Waals surface area contributed by atoms with Gasteiger partial charge >= 0.3 is 6.03 Å². The molecule has 7 heteroatoms. The molecule has 1 aliphatic rings. The zero-order valence-corrected chi connectivity index (χ0v) is 12.9. The average molecular weight is 296 g/mol. The highest BCUT2D eigenvalue weighted by Gasteiger charge is 2.23. The first kappa shape index (κ1) is 15.8. The maximum absolute atomic E-state index is 11.8. The summed E-state index contributed by atoms with van der Waals surface area (Å²) in [6, 6.07) is -0.176. The van der Waals surface area contributed by atoms with Gasteiger partial charge in [-0.1, -0.05) is 19.0 Å². The van der Waals surface area contributed by atoms with Crippen LogP contribution in [0, 0.1) is 0 Å². The van der Waals surface area contributed by atoms with Crippen LogP contribution in [-0.2, 0) is 11.2 Å². The molecule has 2 N–H and O–H groups in total. The molecule has 0 aromatic carbocycles. The van der Waals surface area contributed by atoms with E-state index in [2.05, 4.69) is 20.8 Å². The van der Waals surface area contributed by atoms with Crippen LogP contribution in [0.15, 0.2) is 4.52 Å². The van der Waals surface area contributed by atoms with E-state index < -0.39 is 0 Å². The molecular weight excluding hydrogens is 272 g/mol. The summed E-state index contributed by atoms with van der Waals surface area (Å²) in [4.78, 5) is 16.0. The van der Waals surface area contributed by atoms with Crippen LogP contribution in [0.2, 0.25) is 0 Å². The topological polar surface area (TPSA) is 89.3 Å². The van der Waals surface area contributed by atoms with E-state index in [0.29, 0.717) is 24.7 Å². The molecule has 1 saturated heterocycles. The van der Waals surface area contributed by atoms with E-state index in [1.807, 2.05) is 20.8 Å². The van der Waals surface area contributed by atoms with Gasteiger partial charge in [-0.25, -0.2) is 4.79 Å². The van der Waals surface area contributed by atoms with Gasteiger partial charge in [0.05, 0.1) is 12.1 Å². The van der Waals surface area contributed by atoms with Gasteiger partial charge in [-0.2, -0.15) is 4.98 Å². The number of carbonyl (C=O) groups excluding carboxylic acids is 1. The van der Waals surface area contributed by atoms with Gasteiger partial charge in [0, 0.05) is 25.5 Å². The SMILES string of the molecule is CC(C)c1noc(CCNC(=O)N[C@H](C)[C@@H]2CCCO2)n1. The summed E-state index contributed by atoms with van der Waals surface area (Å²) in [6.07, 6.45) is 2.72. The highest BCUT2D eigenvalue weighted by molar-refractivity contribution is 5.74. The van der Waals surface area contributed by atoms with Crippen molar-refractivity contribution >= 4 is 6.03 Å². The van der Waals surface area contributed by atoms with Crippen molar-refractivity contribution in [3.8, 4) is 0 Å². The van der Waals surface area contributed by atoms with Crippen LogP contribution >= 0.6 is 0 Å². The number of urea groups is 1. The summed E-state index contributed by atoms with van der Waals surface area (Å²) in [5, 5.41) is 9.56. The molecule has 0 saturated carbocycles. The number of nitrogens with one attached hydrogen (secondary N) is 2. The van der Waals surface area contributed by atoms with Crippen LogP contribution in [0.4, 0.5) is 4.79 Å². The molecule has 7 nitrogen and oxygen atoms in total. The lowest BCUT2D eigenvalue weighted by atomic mass is 10.1. The quantitative estimate of drug-likeness (QED) is 0.832. The zero-order valence-electron chi connectivity index (χ0n) is 12.9. The molecule has 0 spiro atoms. The fourth-order valence-electron chi connectivity index (χ4n) is 2.23. The molecule has 1 aromatic rings. The van der Waals surface area contributed by atoms with Gasteiger partial charge in [0.25, 0.3) is 0 Å². The summed E-state index contributed by atoms with van der Waals surface area (Å²) in [5.41, 5.74) is 0. The van der Waals surface area contributed by atoms with Crippen molar-refractivity contribution in [2.24, 2.45) is 0 Å². The molecule has 0 radical (unpaired) electrons. The minimum absolute atomic E-state index is 0.0171. The van der Waals surface area contributed by atoms with Gasteiger partial charge in [-0.05, 0) is 19.8 Å². The minimum Gasteiger partial charge on any atom is -0.376 e. The smallest absolute Gasteiger partial charge is 0.315 e. The van der Waals surface area contributed by atoms with E-state index in [0.717, 1.165) is 19.4 Å². The molecule has 2 amide bonds. The summed E-state index contributed by atoms with van der Waals surface area (Å²) >= 11 is 0. The molecule has 2 heterocycles. The van der Waals surface area contributed by atoms with Crippen molar-refractivity contribution < 1.29 is 14.1 Å². The van der Waals surface area contributed by atoms with Crippen LogP contribution in [-0.4, -0.2) is 41.5 Å². The predicted molar refractivity (Wildman–Crippen MR) is 77.1 cm³/mol. The Balaban J connectivity index is 1.66. The first-order valence-electron chi connectivity index (χ1n) is 7.54. The summed E-state index contributed by atoms with van der Waals surface area (Å²) in [6.45, 7) is 7.22. The van der Waals surface area contributed by atoms with Crippen molar-refractivity contribution in [2.45, 2.75) is 58.1 Å². The Morgan fingerprint density at radius 1 is 1.43 bits per heavy atom. The van der Waals surface area contributed by atoms with Gasteiger partial charge in [0.2, 0.25) is 5.89 Å². The highest BCUT2D eigenvalue weighted by atomic mass is 16.5. The lowest BCUT2D eigenvalue weighted by Gasteiger charge is -2.20. The van der Waals surface area contributed by atoms with E-state index >= 15 is 0 Å². The predicted octanol–water partition coefficient (Wildman–Crippen LogP) is 1.60. The molecule has 21 heavy (non-hydrogen) atoms. The normalized spacial score (nSPS) is 19.7. The fraction of sp³-hybridized carbons (Fsp3) is 0.786. The number of amides is 2. The van der Waals surface area contributed by atoms with Gasteiger partial charge < -0.3 is 19.9 Å². The molecule has 2 atom stereocenters. The Morgan fingerprint density at radius 3 is 2.86 bits per heavy atom. The lowest BCUT2D eigenvalue weighted by Crippen LogP contribution is -2.46. The highest BCUT2D eigenvalue weighted by Crippen LogP contribution is 2.15. The summed E-state index contributed by atoms with van der Waals surface area (Å²) in [7, 11) is 0. The summed E-state index contributed by atoms with van der Waals surface area (Å²) < 4.78 is 10.7. The van der Waals surface area contributed by atoms with E-state index in [1.165, 1.54) is 0 Å². The van der Waals surface area contributed by atoms with Gasteiger partial charge in [-0.15, -0.1) is 0 Å². The molecule has 0 bridgehead atoms. The second-order valence-electron chi connectivity index (χ2n) is 5.69. The third-order valence-corrected chi connectivity index (χ3v) is 3.51. The number of carbonyl (C=O) groups is 1. The second-order valence-corrected chi connectivity index (χ2v) is 5.69. The Morgan fingerprint density at radius 2 is 2.24 bits per heavy atom. The van der Waals surface area contributed by atoms with Crippen molar-refractivity contribution in [1.29, 1.82) is 0 Å². The van der Waals surface area contributed by atoms with Crippen LogP contribution < -0.4 is 10.6 Å². The summed E-state index contributed by atoms with van der Waals surface area (Å²) in [5.74, 6) is 1.48. The fourth-order valence-corrected chi connectivity index (χ4v) is 2.23. The van der Waals surface area contributed by atoms with Crippen LogP contribution in [0.5, 0.6) is 0 Å². The molecule has 1 fully saturated rings. The number of hydrogen-bond donors (Lipinski definition) is 2. The Hall–Kier alpha value is -1.63. The van der Waals surface area contributed by atoms with E-state index in [1.54, 1.807) is 0 Å². The van der Waals surface area contributed by atoms with Crippen molar-refractivity contribution in [3.05, 3.63) is 11.7 Å². The van der Waals surface area contributed by atoms with Crippen LogP contribution in [0.1, 0.15) is 51.2 Å². The van der Waals surface area contributed by atoms with Gasteiger partial charge in [0.15, 0.2) is 5.82 Å². The molecule has 1 aromatic heterocycles. The standard InChI is InChI=1S/C14H24N4O3/c1-9(2)13-17-12(21-18-13)6-7-15-14(19)16-10(3)11-5-4-8-20-11/h9-11H,4-8H2,1-3H3,(H2,15,16,19)/t10-,11+/m1/s1. The number of hydrogen-bond acceptors (Lipinski definition) is 5. The maximum Gasteiger partial charge on any atom is 0.315 e. The Labute approximate surface area is 124 Å². The Kier molecular flexibility index (Phi) is 5.55. The second kappa shape index (κ2) is 7.40. The van der Waals surface area contributed by atoms with Crippen molar-refractivity contribution in [3.63, 3.8) is 0 Å². The minimum atomic E-state index is -0.193. The van der Waals surface area contributed by atoms with E-state index in [-0.39, 0.29) is 24.1 Å². The number of ether oxygens (including phenoxy) is 1. The largest absolute Gasteiger partial charge is 0.376 e. The molecule has 2 rings (SSSR count). The molecular formula is C14H24N4O3. The van der Waals surface area contributed by atoms with Gasteiger partial charge in [0.1, 0.15) is 0 Å². The first-order valence-corrected chi connectivity index (χ1v) is 7.54.